The Bertz CT molecular complexity index is 1260. The molecular weight excluding hydrogens is 467 g/mol. The second-order valence-electron chi connectivity index (χ2n) is 9.87. The summed E-state index contributed by atoms with van der Waals surface area (Å²) in [5.41, 5.74) is 3.29. The zero-order valence-electron chi connectivity index (χ0n) is 20.0. The van der Waals surface area contributed by atoms with E-state index < -0.39 is 11.9 Å². The molecule has 0 radical (unpaired) electrons. The number of H-pyrrole nitrogens is 1. The van der Waals surface area contributed by atoms with Gasteiger partial charge in [-0.05, 0) is 37.2 Å². The number of aromatic amines is 1. The number of esters is 1. The highest BCUT2D eigenvalue weighted by atomic mass is 19.1. The topological polar surface area (TPSA) is 103 Å². The van der Waals surface area contributed by atoms with Gasteiger partial charge in [0.05, 0.1) is 30.9 Å². The molecule has 190 valence electrons. The van der Waals surface area contributed by atoms with Crippen LogP contribution < -0.4 is 4.74 Å². The van der Waals surface area contributed by atoms with Crippen LogP contribution in [0.25, 0.3) is 22.3 Å². The molecule has 2 aliphatic heterocycles. The highest BCUT2D eigenvalue weighted by molar-refractivity contribution is 5.81. The molecule has 2 saturated heterocycles. The van der Waals surface area contributed by atoms with Crippen LogP contribution >= 0.6 is 0 Å². The first-order chi connectivity index (χ1) is 17.5. The second kappa shape index (κ2) is 9.46. The van der Waals surface area contributed by atoms with E-state index in [-0.39, 0.29) is 36.6 Å². The molecule has 4 heterocycles. The molecule has 0 spiro atoms. The Morgan fingerprint density at radius 1 is 1.17 bits per heavy atom. The van der Waals surface area contributed by atoms with Crippen LogP contribution in [0, 0.1) is 11.7 Å². The minimum absolute atomic E-state index is 0.127. The van der Waals surface area contributed by atoms with E-state index in [1.807, 2.05) is 31.2 Å². The van der Waals surface area contributed by atoms with Gasteiger partial charge in [-0.3, -0.25) is 4.79 Å². The van der Waals surface area contributed by atoms with Crippen molar-refractivity contribution in [3.05, 3.63) is 47.8 Å². The molecule has 1 aromatic carbocycles. The molecule has 1 aliphatic carbocycles. The number of hydrogen-bond donors (Lipinski definition) is 2. The lowest BCUT2D eigenvalue weighted by atomic mass is 9.70. The molecule has 4 atom stereocenters. The van der Waals surface area contributed by atoms with Crippen LogP contribution in [0.3, 0.4) is 0 Å². The Morgan fingerprint density at radius 3 is 2.72 bits per heavy atom. The van der Waals surface area contributed by atoms with E-state index in [2.05, 4.69) is 9.97 Å². The van der Waals surface area contributed by atoms with Gasteiger partial charge >= 0.3 is 5.97 Å². The maximum Gasteiger partial charge on any atom is 0.306 e. The molecule has 0 amide bonds. The largest absolute Gasteiger partial charge is 0.470 e. The molecule has 0 unspecified atom stereocenters. The predicted molar refractivity (Wildman–Crippen MR) is 128 cm³/mol. The number of aliphatic hydroxyl groups excluding tert-OH is 1. The Balaban J connectivity index is 1.13. The first-order valence-corrected chi connectivity index (χ1v) is 12.5. The van der Waals surface area contributed by atoms with Gasteiger partial charge in [0.1, 0.15) is 24.0 Å². The van der Waals surface area contributed by atoms with E-state index in [1.54, 1.807) is 6.07 Å². The molecule has 3 fully saturated rings. The minimum atomic E-state index is -0.647. The number of benzene rings is 1. The lowest BCUT2D eigenvalue weighted by molar-refractivity contribution is -0.145. The molecule has 2 N–H and O–H groups in total. The van der Waals surface area contributed by atoms with E-state index in [0.717, 1.165) is 12.8 Å². The zero-order valence-corrected chi connectivity index (χ0v) is 20.0. The van der Waals surface area contributed by atoms with Crippen LogP contribution in [0.4, 0.5) is 4.39 Å². The summed E-state index contributed by atoms with van der Waals surface area (Å²) >= 11 is 0. The van der Waals surface area contributed by atoms with E-state index >= 15 is 0 Å². The van der Waals surface area contributed by atoms with E-state index in [9.17, 15) is 14.3 Å². The van der Waals surface area contributed by atoms with Gasteiger partial charge in [-0.2, -0.15) is 0 Å². The van der Waals surface area contributed by atoms with Crippen LogP contribution in [0.15, 0.2) is 36.4 Å². The van der Waals surface area contributed by atoms with Crippen molar-refractivity contribution in [3.8, 4) is 17.1 Å². The number of carbonyl (C=O) groups is 1. The highest BCUT2D eigenvalue weighted by Gasteiger charge is 2.48. The number of hydrogen-bond acceptors (Lipinski definition) is 7. The van der Waals surface area contributed by atoms with Crippen molar-refractivity contribution in [1.29, 1.82) is 0 Å². The van der Waals surface area contributed by atoms with Crippen molar-refractivity contribution in [2.75, 3.05) is 19.8 Å². The van der Waals surface area contributed by atoms with Crippen molar-refractivity contribution in [2.45, 2.75) is 56.5 Å². The number of carbonyl (C=O) groups excluding carboxylic acids is 1. The number of ether oxygens (including phenoxy) is 4. The minimum Gasteiger partial charge on any atom is -0.470 e. The normalized spacial score (nSPS) is 29.2. The van der Waals surface area contributed by atoms with Gasteiger partial charge in [0.2, 0.25) is 0 Å². The van der Waals surface area contributed by atoms with Gasteiger partial charge < -0.3 is 29.0 Å². The fourth-order valence-corrected chi connectivity index (χ4v) is 5.52. The van der Waals surface area contributed by atoms with Gasteiger partial charge in [0.15, 0.2) is 17.8 Å². The fourth-order valence-electron chi connectivity index (χ4n) is 5.52. The predicted octanol–water partition coefficient (Wildman–Crippen LogP) is 3.72. The smallest absolute Gasteiger partial charge is 0.306 e. The van der Waals surface area contributed by atoms with Crippen molar-refractivity contribution < 1.29 is 33.2 Å². The Kier molecular flexibility index (Phi) is 6.15. The van der Waals surface area contributed by atoms with Crippen molar-refractivity contribution >= 4 is 17.0 Å². The molecule has 3 aliphatic rings. The van der Waals surface area contributed by atoms with Crippen molar-refractivity contribution in [2.24, 2.45) is 5.92 Å². The van der Waals surface area contributed by atoms with Crippen LogP contribution in [-0.4, -0.2) is 65.3 Å². The first-order valence-electron chi connectivity index (χ1n) is 12.5. The first kappa shape index (κ1) is 23.4. The standard InChI is InChI=1S/C27H29FN2O6/c1-2-33-24(32)9-14-7-17(8-14)15-3-5-16(6-4-15)25-18(28)10-19-20(30-25)11-23(29-19)36-22-13-35-26-21(31)12-34-27(22)26/h3-6,10-11,14,17,21-22,26-27,29,31H,2,7-9,12-13H2,1H3/t14?,17?,21-,22-,26-,27-/m1/s1. The summed E-state index contributed by atoms with van der Waals surface area (Å²) in [6.45, 7) is 2.77. The summed E-state index contributed by atoms with van der Waals surface area (Å²) in [6.07, 6.45) is 0.672. The lowest BCUT2D eigenvalue weighted by Crippen LogP contribution is -2.34. The maximum atomic E-state index is 15.0. The molecule has 36 heavy (non-hydrogen) atoms. The SMILES string of the molecule is CCOC(=O)CC1CC(c2ccc(-c3nc4cc(O[C@@H]5CO[C@H]6[C@@H]5OC[C@H]6O)[nH]c4cc3F)cc2)C1. The maximum absolute atomic E-state index is 15.0. The van der Waals surface area contributed by atoms with Gasteiger partial charge in [0, 0.05) is 24.1 Å². The van der Waals surface area contributed by atoms with Gasteiger partial charge in [0.25, 0.3) is 0 Å². The van der Waals surface area contributed by atoms with Crippen molar-refractivity contribution in [1.82, 2.24) is 9.97 Å². The molecule has 2 aromatic heterocycles. The summed E-state index contributed by atoms with van der Waals surface area (Å²) in [4.78, 5) is 19.3. The number of fused-ring (bicyclic) bond motifs is 2. The van der Waals surface area contributed by atoms with Crippen LogP contribution in [0.5, 0.6) is 5.88 Å². The number of nitrogens with one attached hydrogen (secondary N) is 1. The summed E-state index contributed by atoms with van der Waals surface area (Å²) in [7, 11) is 0. The molecule has 6 rings (SSSR count). The zero-order chi connectivity index (χ0) is 24.8. The summed E-state index contributed by atoms with van der Waals surface area (Å²) < 4.78 is 37.2. The Labute approximate surface area is 207 Å². The second-order valence-corrected chi connectivity index (χ2v) is 9.87. The van der Waals surface area contributed by atoms with Gasteiger partial charge in [-0.15, -0.1) is 0 Å². The number of aliphatic hydroxyl groups is 1. The molecule has 8 nitrogen and oxygen atoms in total. The number of pyridine rings is 1. The molecular formula is C27H29FN2O6. The molecule has 0 bridgehead atoms. The summed E-state index contributed by atoms with van der Waals surface area (Å²) in [6, 6.07) is 11.0. The average Bonchev–Trinajstić information content (AvgIpc) is 3.52. The molecule has 3 aromatic rings. The highest BCUT2D eigenvalue weighted by Crippen LogP contribution is 2.44. The van der Waals surface area contributed by atoms with Crippen LogP contribution in [-0.2, 0) is 19.0 Å². The lowest BCUT2D eigenvalue weighted by Gasteiger charge is -2.35. The van der Waals surface area contributed by atoms with E-state index in [0.29, 0.717) is 53.9 Å². The van der Waals surface area contributed by atoms with Gasteiger partial charge in [-0.1, -0.05) is 24.3 Å². The summed E-state index contributed by atoms with van der Waals surface area (Å²) in [5.74, 6) is 0.678. The quantitative estimate of drug-likeness (QED) is 0.481. The van der Waals surface area contributed by atoms with E-state index in [1.165, 1.54) is 11.6 Å². The average molecular weight is 497 g/mol. The van der Waals surface area contributed by atoms with Gasteiger partial charge in [-0.25, -0.2) is 9.37 Å². The van der Waals surface area contributed by atoms with E-state index in [4.69, 9.17) is 18.9 Å². The number of nitrogens with zero attached hydrogens (tertiary/aromatic N) is 1. The third-order valence-corrected chi connectivity index (χ3v) is 7.44. The number of halogens is 1. The number of rotatable bonds is 7. The third-order valence-electron chi connectivity index (χ3n) is 7.44. The summed E-state index contributed by atoms with van der Waals surface area (Å²) in [5, 5.41) is 9.91. The Morgan fingerprint density at radius 2 is 1.94 bits per heavy atom. The number of aromatic nitrogens is 2. The van der Waals surface area contributed by atoms with Crippen LogP contribution in [0.2, 0.25) is 0 Å². The monoisotopic (exact) mass is 496 g/mol. The molecule has 9 heteroatoms. The third kappa shape index (κ3) is 4.36. The van der Waals surface area contributed by atoms with Crippen molar-refractivity contribution in [3.63, 3.8) is 0 Å². The van der Waals surface area contributed by atoms with Crippen LogP contribution in [0.1, 0.15) is 37.7 Å². The molecule has 1 saturated carbocycles. The fraction of sp³-hybridized carbons (Fsp3) is 0.481. The Hall–Kier alpha value is -3.01.